The Labute approximate surface area is 152 Å². The fourth-order valence-corrected chi connectivity index (χ4v) is 3.19. The Morgan fingerprint density at radius 1 is 0.962 bits per heavy atom. The number of hydrogen-bond acceptors (Lipinski definition) is 4. The predicted molar refractivity (Wildman–Crippen MR) is 102 cm³/mol. The first-order valence-electron chi connectivity index (χ1n) is 8.91. The second kappa shape index (κ2) is 7.39. The zero-order chi connectivity index (χ0) is 17.8. The van der Waals surface area contributed by atoms with Crippen molar-refractivity contribution >= 4 is 17.5 Å². The molecule has 132 valence electrons. The van der Waals surface area contributed by atoms with Crippen LogP contribution < -0.4 is 10.2 Å². The van der Waals surface area contributed by atoms with Gasteiger partial charge < -0.3 is 14.8 Å². The summed E-state index contributed by atoms with van der Waals surface area (Å²) in [5, 5.41) is 2.87. The molecule has 0 aliphatic carbocycles. The molecule has 2 aromatic heterocycles. The molecule has 1 aliphatic heterocycles. The lowest BCUT2D eigenvalue weighted by Crippen LogP contribution is -2.30. The van der Waals surface area contributed by atoms with Crippen molar-refractivity contribution in [3.05, 3.63) is 66.7 Å². The lowest BCUT2D eigenvalue weighted by Gasteiger charge is -2.27. The summed E-state index contributed by atoms with van der Waals surface area (Å²) >= 11 is 0. The maximum Gasteiger partial charge on any atom is 0.256 e. The quantitative estimate of drug-likeness (QED) is 0.784. The van der Waals surface area contributed by atoms with Crippen molar-refractivity contribution in [2.45, 2.75) is 19.3 Å². The molecule has 1 fully saturated rings. The first kappa shape index (κ1) is 16.3. The third-order valence-corrected chi connectivity index (χ3v) is 4.61. The molecule has 0 saturated carbocycles. The number of nitrogens with one attached hydrogen (secondary N) is 1. The second-order valence-corrected chi connectivity index (χ2v) is 6.40. The topological polar surface area (TPSA) is 63.1 Å². The highest BCUT2D eigenvalue weighted by Gasteiger charge is 2.14. The molecule has 26 heavy (non-hydrogen) atoms. The lowest BCUT2D eigenvalue weighted by molar-refractivity contribution is 0.102. The van der Waals surface area contributed by atoms with Gasteiger partial charge in [0.1, 0.15) is 18.0 Å². The summed E-state index contributed by atoms with van der Waals surface area (Å²) in [6, 6.07) is 13.3. The SMILES string of the molecule is O=C(Nc1cc(N2CCCCC2)ncn1)c1ccc(-n2cccc2)cc1. The minimum Gasteiger partial charge on any atom is -0.356 e. The Morgan fingerprint density at radius 3 is 2.42 bits per heavy atom. The Balaban J connectivity index is 1.46. The minimum absolute atomic E-state index is 0.174. The molecule has 0 atom stereocenters. The van der Waals surface area contributed by atoms with Gasteiger partial charge in [-0.3, -0.25) is 4.79 Å². The van der Waals surface area contributed by atoms with E-state index < -0.39 is 0 Å². The van der Waals surface area contributed by atoms with Gasteiger partial charge in [-0.2, -0.15) is 0 Å². The number of amides is 1. The summed E-state index contributed by atoms with van der Waals surface area (Å²) in [7, 11) is 0. The molecule has 1 N–H and O–H groups in total. The van der Waals surface area contributed by atoms with E-state index in [1.165, 1.54) is 25.6 Å². The lowest BCUT2D eigenvalue weighted by atomic mass is 10.1. The highest BCUT2D eigenvalue weighted by atomic mass is 16.1. The van der Waals surface area contributed by atoms with Gasteiger partial charge in [-0.15, -0.1) is 0 Å². The number of hydrogen-bond donors (Lipinski definition) is 1. The molecule has 1 saturated heterocycles. The first-order chi connectivity index (χ1) is 12.8. The van der Waals surface area contributed by atoms with E-state index in [9.17, 15) is 4.79 Å². The number of nitrogens with zero attached hydrogens (tertiary/aromatic N) is 4. The summed E-state index contributed by atoms with van der Waals surface area (Å²) < 4.78 is 2.00. The van der Waals surface area contributed by atoms with E-state index in [1.807, 2.05) is 59.4 Å². The highest BCUT2D eigenvalue weighted by molar-refractivity contribution is 6.03. The average molecular weight is 347 g/mol. The van der Waals surface area contributed by atoms with Crippen molar-refractivity contribution < 1.29 is 4.79 Å². The van der Waals surface area contributed by atoms with Gasteiger partial charge in [0, 0.05) is 42.8 Å². The van der Waals surface area contributed by atoms with Gasteiger partial charge in [0.05, 0.1) is 0 Å². The van der Waals surface area contributed by atoms with Crippen molar-refractivity contribution in [3.8, 4) is 5.69 Å². The molecular weight excluding hydrogens is 326 g/mol. The molecule has 0 radical (unpaired) electrons. The molecular formula is C20H21N5O. The molecule has 6 nitrogen and oxygen atoms in total. The van der Waals surface area contributed by atoms with E-state index in [0.29, 0.717) is 11.4 Å². The van der Waals surface area contributed by atoms with Crippen LogP contribution in [-0.2, 0) is 0 Å². The van der Waals surface area contributed by atoms with Crippen molar-refractivity contribution in [1.29, 1.82) is 0 Å². The summed E-state index contributed by atoms with van der Waals surface area (Å²) in [5.41, 5.74) is 1.61. The number of carbonyl (C=O) groups is 1. The van der Waals surface area contributed by atoms with Crippen molar-refractivity contribution in [1.82, 2.24) is 14.5 Å². The zero-order valence-electron chi connectivity index (χ0n) is 14.5. The first-order valence-corrected chi connectivity index (χ1v) is 8.91. The average Bonchev–Trinajstić information content (AvgIpc) is 3.24. The van der Waals surface area contributed by atoms with E-state index in [2.05, 4.69) is 20.2 Å². The smallest absolute Gasteiger partial charge is 0.256 e. The normalized spacial score (nSPS) is 14.2. The van der Waals surface area contributed by atoms with Crippen LogP contribution in [0, 0.1) is 0 Å². The van der Waals surface area contributed by atoms with Gasteiger partial charge in [-0.25, -0.2) is 9.97 Å². The maximum absolute atomic E-state index is 12.5. The van der Waals surface area contributed by atoms with E-state index in [-0.39, 0.29) is 5.91 Å². The van der Waals surface area contributed by atoms with Crippen LogP contribution in [0.3, 0.4) is 0 Å². The van der Waals surface area contributed by atoms with Gasteiger partial charge in [0.25, 0.3) is 5.91 Å². The number of aromatic nitrogens is 3. The Bertz CT molecular complexity index is 867. The third kappa shape index (κ3) is 3.59. The summed E-state index contributed by atoms with van der Waals surface area (Å²) in [4.78, 5) is 23.3. The third-order valence-electron chi connectivity index (χ3n) is 4.61. The van der Waals surface area contributed by atoms with Crippen LogP contribution in [0.2, 0.25) is 0 Å². The van der Waals surface area contributed by atoms with Crippen LogP contribution in [0.5, 0.6) is 0 Å². The highest BCUT2D eigenvalue weighted by Crippen LogP contribution is 2.19. The molecule has 1 amide bonds. The van der Waals surface area contributed by atoms with E-state index in [1.54, 1.807) is 0 Å². The molecule has 1 aliphatic rings. The fourth-order valence-electron chi connectivity index (χ4n) is 3.19. The van der Waals surface area contributed by atoms with Crippen LogP contribution in [0.4, 0.5) is 11.6 Å². The van der Waals surface area contributed by atoms with Crippen LogP contribution in [0.25, 0.3) is 5.69 Å². The van der Waals surface area contributed by atoms with Gasteiger partial charge in [0.2, 0.25) is 0 Å². The molecule has 4 rings (SSSR count). The Morgan fingerprint density at radius 2 is 1.69 bits per heavy atom. The molecule has 3 heterocycles. The number of piperidine rings is 1. The van der Waals surface area contributed by atoms with Crippen LogP contribution in [0.15, 0.2) is 61.2 Å². The van der Waals surface area contributed by atoms with Gasteiger partial charge in [0.15, 0.2) is 0 Å². The fraction of sp³-hybridized carbons (Fsp3) is 0.250. The van der Waals surface area contributed by atoms with Crippen LogP contribution in [0.1, 0.15) is 29.6 Å². The van der Waals surface area contributed by atoms with Gasteiger partial charge in [-0.05, 0) is 55.7 Å². The van der Waals surface area contributed by atoms with Crippen LogP contribution >= 0.6 is 0 Å². The standard InChI is InChI=1S/C20H21N5O/c26-20(16-6-8-17(9-7-16)24-10-4-5-11-24)23-18-14-19(22-15-21-18)25-12-2-1-3-13-25/h4-11,14-15H,1-3,12-13H2,(H,21,22,23,26). The second-order valence-electron chi connectivity index (χ2n) is 6.40. The molecule has 0 spiro atoms. The molecule has 0 unspecified atom stereocenters. The molecule has 6 heteroatoms. The van der Waals surface area contributed by atoms with Gasteiger partial charge in [-0.1, -0.05) is 0 Å². The van der Waals surface area contributed by atoms with Crippen molar-refractivity contribution in [2.24, 2.45) is 0 Å². The Hall–Kier alpha value is -3.15. The number of anilines is 2. The predicted octanol–water partition coefficient (Wildman–Crippen LogP) is 3.51. The number of carbonyl (C=O) groups excluding carboxylic acids is 1. The summed E-state index contributed by atoms with van der Waals surface area (Å²) in [5.74, 6) is 1.23. The largest absolute Gasteiger partial charge is 0.356 e. The van der Waals surface area contributed by atoms with E-state index in [4.69, 9.17) is 0 Å². The van der Waals surface area contributed by atoms with Crippen molar-refractivity contribution in [2.75, 3.05) is 23.3 Å². The number of rotatable bonds is 4. The monoisotopic (exact) mass is 347 g/mol. The summed E-state index contributed by atoms with van der Waals surface area (Å²) in [6.45, 7) is 2.01. The maximum atomic E-state index is 12.5. The molecule has 0 bridgehead atoms. The molecule has 3 aromatic rings. The van der Waals surface area contributed by atoms with Gasteiger partial charge >= 0.3 is 0 Å². The minimum atomic E-state index is -0.174. The van der Waals surface area contributed by atoms with Crippen LogP contribution in [-0.4, -0.2) is 33.5 Å². The summed E-state index contributed by atoms with van der Waals surface area (Å²) in [6.07, 6.45) is 9.08. The molecule has 1 aromatic carbocycles. The van der Waals surface area contributed by atoms with Crippen molar-refractivity contribution in [3.63, 3.8) is 0 Å². The Kier molecular flexibility index (Phi) is 4.64. The number of benzene rings is 1. The zero-order valence-corrected chi connectivity index (χ0v) is 14.5. The van der Waals surface area contributed by atoms with E-state index in [0.717, 1.165) is 24.6 Å². The van der Waals surface area contributed by atoms with E-state index >= 15 is 0 Å².